The quantitative estimate of drug-likeness (QED) is 0.677. The first-order chi connectivity index (χ1) is 5.77. The van der Waals surface area contributed by atoms with Gasteiger partial charge in [-0.1, -0.05) is 0 Å². The third-order valence-electron chi connectivity index (χ3n) is 3.71. The molecule has 12 heavy (non-hydrogen) atoms. The van der Waals surface area contributed by atoms with Gasteiger partial charge in [0.05, 0.1) is 0 Å². The van der Waals surface area contributed by atoms with Crippen LogP contribution in [0.15, 0.2) is 0 Å². The first-order valence-corrected chi connectivity index (χ1v) is 4.99. The monoisotopic (exact) mass is 167 g/mol. The topological polar surface area (TPSA) is 43.1 Å². The number of hydrogen-bond acceptors (Lipinski definition) is 2. The molecular weight excluding hydrogens is 150 g/mol. The molecular formula is C10H17NO. The van der Waals surface area contributed by atoms with Gasteiger partial charge in [-0.25, -0.2) is 0 Å². The van der Waals surface area contributed by atoms with E-state index in [0.717, 1.165) is 38.1 Å². The maximum atomic E-state index is 11.0. The highest BCUT2D eigenvalue weighted by atomic mass is 16.1. The predicted octanol–water partition coefficient (Wildman–Crippen LogP) is 1.48. The summed E-state index contributed by atoms with van der Waals surface area (Å²) in [6.07, 6.45) is 6.45. The minimum Gasteiger partial charge on any atom is -0.330 e. The second-order valence-electron chi connectivity index (χ2n) is 4.38. The van der Waals surface area contributed by atoms with Crippen LogP contribution in [0.4, 0.5) is 0 Å². The van der Waals surface area contributed by atoms with Crippen LogP contribution < -0.4 is 5.73 Å². The zero-order valence-corrected chi connectivity index (χ0v) is 7.51. The summed E-state index contributed by atoms with van der Waals surface area (Å²) in [4.78, 5) is 11.0. The van der Waals surface area contributed by atoms with Gasteiger partial charge < -0.3 is 5.73 Å². The van der Waals surface area contributed by atoms with Crippen molar-refractivity contribution in [2.24, 2.45) is 17.1 Å². The van der Waals surface area contributed by atoms with Gasteiger partial charge in [0.1, 0.15) is 5.78 Å². The molecule has 0 aromatic carbocycles. The summed E-state index contributed by atoms with van der Waals surface area (Å²) in [5.41, 5.74) is 6.22. The van der Waals surface area contributed by atoms with Crippen LogP contribution in [0.1, 0.15) is 38.5 Å². The van der Waals surface area contributed by atoms with Crippen molar-refractivity contribution >= 4 is 5.78 Å². The molecule has 0 aromatic heterocycles. The Morgan fingerprint density at radius 2 is 1.92 bits per heavy atom. The fourth-order valence-electron chi connectivity index (χ4n) is 2.49. The molecule has 2 saturated carbocycles. The zero-order valence-electron chi connectivity index (χ0n) is 7.51. The fourth-order valence-corrected chi connectivity index (χ4v) is 2.49. The van der Waals surface area contributed by atoms with Gasteiger partial charge in [0, 0.05) is 12.8 Å². The first kappa shape index (κ1) is 8.24. The van der Waals surface area contributed by atoms with Crippen LogP contribution in [0.3, 0.4) is 0 Å². The molecule has 0 aliphatic heterocycles. The van der Waals surface area contributed by atoms with Crippen LogP contribution in [0.5, 0.6) is 0 Å². The molecule has 0 spiro atoms. The number of hydrogen-bond donors (Lipinski definition) is 1. The molecule has 2 fully saturated rings. The Balaban J connectivity index is 1.93. The standard InChI is InChI=1S/C10H17NO/c11-7-10(5-6-10)8-1-3-9(12)4-2-8/h8H,1-7,11H2. The van der Waals surface area contributed by atoms with Crippen LogP contribution in [0, 0.1) is 11.3 Å². The van der Waals surface area contributed by atoms with E-state index in [-0.39, 0.29) is 0 Å². The summed E-state index contributed by atoms with van der Waals surface area (Å²) in [5, 5.41) is 0. The van der Waals surface area contributed by atoms with Gasteiger partial charge in [0.15, 0.2) is 0 Å². The summed E-state index contributed by atoms with van der Waals surface area (Å²) in [7, 11) is 0. The minimum atomic E-state index is 0.457. The second kappa shape index (κ2) is 2.84. The lowest BCUT2D eigenvalue weighted by Gasteiger charge is -2.28. The van der Waals surface area contributed by atoms with Crippen LogP contribution in [-0.4, -0.2) is 12.3 Å². The molecule has 2 nitrogen and oxygen atoms in total. The minimum absolute atomic E-state index is 0.457. The number of carbonyl (C=O) groups excluding carboxylic acids is 1. The molecule has 2 aliphatic carbocycles. The van der Waals surface area contributed by atoms with Crippen molar-refractivity contribution in [1.82, 2.24) is 0 Å². The van der Waals surface area contributed by atoms with Gasteiger partial charge in [-0.05, 0) is 43.6 Å². The number of Topliss-reactive ketones (excluding diaryl/α,β-unsaturated/α-hetero) is 1. The lowest BCUT2D eigenvalue weighted by molar-refractivity contribution is -0.121. The van der Waals surface area contributed by atoms with Crippen LogP contribution >= 0.6 is 0 Å². The molecule has 0 amide bonds. The average Bonchev–Trinajstić information content (AvgIpc) is 2.86. The van der Waals surface area contributed by atoms with Gasteiger partial charge in [0.2, 0.25) is 0 Å². The molecule has 0 bridgehead atoms. The van der Waals surface area contributed by atoms with Crippen molar-refractivity contribution in [2.75, 3.05) is 6.54 Å². The molecule has 0 unspecified atom stereocenters. The third kappa shape index (κ3) is 1.28. The maximum Gasteiger partial charge on any atom is 0.132 e. The Morgan fingerprint density at radius 3 is 2.33 bits per heavy atom. The van der Waals surface area contributed by atoms with E-state index < -0.39 is 0 Å². The molecule has 0 saturated heterocycles. The van der Waals surface area contributed by atoms with Gasteiger partial charge in [-0.15, -0.1) is 0 Å². The first-order valence-electron chi connectivity index (χ1n) is 4.99. The Hall–Kier alpha value is -0.370. The van der Waals surface area contributed by atoms with Crippen molar-refractivity contribution < 1.29 is 4.79 Å². The van der Waals surface area contributed by atoms with Gasteiger partial charge in [-0.3, -0.25) is 4.79 Å². The van der Waals surface area contributed by atoms with Crippen molar-refractivity contribution in [2.45, 2.75) is 38.5 Å². The summed E-state index contributed by atoms with van der Waals surface area (Å²) < 4.78 is 0. The van der Waals surface area contributed by atoms with E-state index in [4.69, 9.17) is 5.73 Å². The third-order valence-corrected chi connectivity index (χ3v) is 3.71. The zero-order chi connectivity index (χ0) is 8.60. The molecule has 2 aliphatic rings. The molecule has 0 aromatic rings. The van der Waals surface area contributed by atoms with Gasteiger partial charge >= 0.3 is 0 Å². The number of rotatable bonds is 2. The summed E-state index contributed by atoms with van der Waals surface area (Å²) in [6, 6.07) is 0. The van der Waals surface area contributed by atoms with E-state index in [9.17, 15) is 4.79 Å². The molecule has 0 radical (unpaired) electrons. The molecule has 2 heteroatoms. The lowest BCUT2D eigenvalue weighted by atomic mass is 9.77. The van der Waals surface area contributed by atoms with Crippen molar-refractivity contribution in [1.29, 1.82) is 0 Å². The van der Waals surface area contributed by atoms with Gasteiger partial charge in [0.25, 0.3) is 0 Å². The predicted molar refractivity (Wildman–Crippen MR) is 47.7 cm³/mol. The smallest absolute Gasteiger partial charge is 0.132 e. The fraction of sp³-hybridized carbons (Fsp3) is 0.900. The Kier molecular flexibility index (Phi) is 1.95. The second-order valence-corrected chi connectivity index (χ2v) is 4.38. The van der Waals surface area contributed by atoms with E-state index in [1.165, 1.54) is 12.8 Å². The Morgan fingerprint density at radius 1 is 1.33 bits per heavy atom. The normalized spacial score (nSPS) is 28.9. The van der Waals surface area contributed by atoms with Crippen LogP contribution in [0.2, 0.25) is 0 Å². The Bertz CT molecular complexity index is 186. The molecule has 2 rings (SSSR count). The highest BCUT2D eigenvalue weighted by Gasteiger charge is 2.48. The molecule has 0 atom stereocenters. The van der Waals surface area contributed by atoms with Gasteiger partial charge in [-0.2, -0.15) is 0 Å². The van der Waals surface area contributed by atoms with Crippen molar-refractivity contribution in [3.05, 3.63) is 0 Å². The van der Waals surface area contributed by atoms with E-state index in [1.807, 2.05) is 0 Å². The molecule has 68 valence electrons. The summed E-state index contributed by atoms with van der Waals surface area (Å²) in [5.74, 6) is 1.22. The Labute approximate surface area is 73.5 Å². The molecule has 0 heterocycles. The van der Waals surface area contributed by atoms with Crippen molar-refractivity contribution in [3.63, 3.8) is 0 Å². The van der Waals surface area contributed by atoms with E-state index in [2.05, 4.69) is 0 Å². The SMILES string of the molecule is NCC1(C2CCC(=O)CC2)CC1. The number of carbonyl (C=O) groups is 1. The number of nitrogens with two attached hydrogens (primary N) is 1. The summed E-state index contributed by atoms with van der Waals surface area (Å²) in [6.45, 7) is 0.839. The maximum absolute atomic E-state index is 11.0. The number of ketones is 1. The lowest BCUT2D eigenvalue weighted by Crippen LogP contribution is -2.28. The van der Waals surface area contributed by atoms with Crippen molar-refractivity contribution in [3.8, 4) is 0 Å². The largest absolute Gasteiger partial charge is 0.330 e. The van der Waals surface area contributed by atoms with E-state index >= 15 is 0 Å². The van der Waals surface area contributed by atoms with E-state index in [0.29, 0.717) is 11.2 Å². The van der Waals surface area contributed by atoms with E-state index in [1.54, 1.807) is 0 Å². The van der Waals surface area contributed by atoms with Crippen LogP contribution in [0.25, 0.3) is 0 Å². The summed E-state index contributed by atoms with van der Waals surface area (Å²) >= 11 is 0. The average molecular weight is 167 g/mol. The highest BCUT2D eigenvalue weighted by molar-refractivity contribution is 5.79. The molecule has 2 N–H and O–H groups in total. The van der Waals surface area contributed by atoms with Crippen LogP contribution in [-0.2, 0) is 4.79 Å². The highest BCUT2D eigenvalue weighted by Crippen LogP contribution is 2.55.